The Balaban J connectivity index is 1.48. The van der Waals surface area contributed by atoms with Crippen molar-refractivity contribution in [3.8, 4) is 0 Å². The minimum atomic E-state index is -1.04. The standard InChI is InChI=1S/C17H16O6/c18-14-10-4-1-2-5(11(10)15(19)22-14)9-7-3-6(8(4)9)12-13(7)17(21)23-16(12)20/h1-2,4-14,18H,3H2. The number of allylic oxidation sites excluding steroid dienone is 2. The summed E-state index contributed by atoms with van der Waals surface area (Å²) in [5.41, 5.74) is 0. The third-order valence-electron chi connectivity index (χ3n) is 7.59. The van der Waals surface area contributed by atoms with Crippen LogP contribution in [0.1, 0.15) is 6.42 Å². The second kappa shape index (κ2) is 3.69. The molecule has 5 aliphatic carbocycles. The summed E-state index contributed by atoms with van der Waals surface area (Å²) in [6.45, 7) is 0. The van der Waals surface area contributed by atoms with Gasteiger partial charge in [-0.25, -0.2) is 0 Å². The number of esters is 3. The van der Waals surface area contributed by atoms with Crippen molar-refractivity contribution in [2.75, 3.05) is 0 Å². The van der Waals surface area contributed by atoms with E-state index in [2.05, 4.69) is 12.2 Å². The molecule has 6 heteroatoms. The zero-order valence-electron chi connectivity index (χ0n) is 12.2. The van der Waals surface area contributed by atoms with Gasteiger partial charge >= 0.3 is 17.9 Å². The maximum absolute atomic E-state index is 12.2. The fraction of sp³-hybridized carbons (Fsp3) is 0.706. The monoisotopic (exact) mass is 316 g/mol. The van der Waals surface area contributed by atoms with Crippen molar-refractivity contribution in [1.82, 2.24) is 0 Å². The highest BCUT2D eigenvalue weighted by molar-refractivity contribution is 5.97. The van der Waals surface area contributed by atoms with Crippen molar-refractivity contribution >= 4 is 17.9 Å². The van der Waals surface area contributed by atoms with Crippen LogP contribution in [0.2, 0.25) is 0 Å². The van der Waals surface area contributed by atoms with Crippen molar-refractivity contribution in [3.63, 3.8) is 0 Å². The molecule has 0 amide bonds. The Morgan fingerprint density at radius 1 is 0.826 bits per heavy atom. The summed E-state index contributed by atoms with van der Waals surface area (Å²) >= 11 is 0. The Morgan fingerprint density at radius 3 is 2.13 bits per heavy atom. The average Bonchev–Trinajstić information content (AvgIpc) is 3.24. The number of fused-ring (bicyclic) bond motifs is 5. The lowest BCUT2D eigenvalue weighted by Gasteiger charge is -2.53. The fourth-order valence-corrected chi connectivity index (χ4v) is 7.18. The molecule has 11 unspecified atom stereocenters. The summed E-state index contributed by atoms with van der Waals surface area (Å²) in [6.07, 6.45) is 4.02. The highest BCUT2D eigenvalue weighted by atomic mass is 16.6. The Bertz CT molecular complexity index is 697. The number of aliphatic hydroxyl groups is 1. The Morgan fingerprint density at radius 2 is 1.43 bits per heavy atom. The first-order chi connectivity index (χ1) is 11.1. The smallest absolute Gasteiger partial charge is 0.317 e. The molecule has 5 fully saturated rings. The van der Waals surface area contributed by atoms with Gasteiger partial charge in [0.25, 0.3) is 0 Å². The molecule has 3 saturated carbocycles. The lowest BCUT2D eigenvalue weighted by molar-refractivity contribution is -0.158. The van der Waals surface area contributed by atoms with Crippen molar-refractivity contribution in [1.29, 1.82) is 0 Å². The molecule has 0 aromatic rings. The van der Waals surface area contributed by atoms with Gasteiger partial charge in [0.1, 0.15) is 0 Å². The van der Waals surface area contributed by atoms with Crippen LogP contribution in [0, 0.1) is 59.2 Å². The van der Waals surface area contributed by atoms with Crippen LogP contribution in [0.4, 0.5) is 0 Å². The Kier molecular flexibility index (Phi) is 2.04. The summed E-state index contributed by atoms with van der Waals surface area (Å²) in [4.78, 5) is 36.4. The predicted molar refractivity (Wildman–Crippen MR) is 71.9 cm³/mol. The average molecular weight is 316 g/mol. The van der Waals surface area contributed by atoms with Crippen LogP contribution in [0.5, 0.6) is 0 Å². The van der Waals surface area contributed by atoms with Gasteiger partial charge in [-0.15, -0.1) is 0 Å². The van der Waals surface area contributed by atoms with Crippen LogP contribution in [-0.2, 0) is 23.9 Å². The molecule has 0 aromatic heterocycles. The zero-order valence-corrected chi connectivity index (χ0v) is 12.2. The molecular formula is C17H16O6. The van der Waals surface area contributed by atoms with Crippen LogP contribution in [-0.4, -0.2) is 29.3 Å². The third-order valence-corrected chi connectivity index (χ3v) is 7.59. The van der Waals surface area contributed by atoms with E-state index in [9.17, 15) is 19.5 Å². The van der Waals surface area contributed by atoms with Crippen molar-refractivity contribution in [2.24, 2.45) is 59.2 Å². The van der Waals surface area contributed by atoms with Gasteiger partial charge in [-0.1, -0.05) is 12.2 Å². The summed E-state index contributed by atoms with van der Waals surface area (Å²) in [5.74, 6) is -1.38. The van der Waals surface area contributed by atoms with E-state index in [0.717, 1.165) is 6.42 Å². The van der Waals surface area contributed by atoms with E-state index in [1.165, 1.54) is 0 Å². The zero-order chi connectivity index (χ0) is 15.6. The normalized spacial score (nSPS) is 60.6. The van der Waals surface area contributed by atoms with Gasteiger partial charge in [-0.3, -0.25) is 14.4 Å². The van der Waals surface area contributed by atoms with E-state index in [1.54, 1.807) is 0 Å². The first-order valence-corrected chi connectivity index (χ1v) is 8.40. The first kappa shape index (κ1) is 12.7. The summed E-state index contributed by atoms with van der Waals surface area (Å²) in [6, 6.07) is 0. The molecule has 7 rings (SSSR count). The van der Waals surface area contributed by atoms with Crippen LogP contribution in [0.15, 0.2) is 12.2 Å². The number of cyclic esters (lactones) is 3. The molecule has 0 spiro atoms. The Labute approximate surface area is 131 Å². The van der Waals surface area contributed by atoms with Gasteiger partial charge in [0.15, 0.2) is 0 Å². The first-order valence-electron chi connectivity index (χ1n) is 8.40. The van der Waals surface area contributed by atoms with Gasteiger partial charge in [0.2, 0.25) is 6.29 Å². The van der Waals surface area contributed by atoms with Crippen LogP contribution < -0.4 is 0 Å². The quantitative estimate of drug-likeness (QED) is 0.387. The molecule has 7 aliphatic rings. The summed E-state index contributed by atoms with van der Waals surface area (Å²) in [7, 11) is 0. The number of rotatable bonds is 0. The number of carbonyl (C=O) groups is 3. The summed E-state index contributed by atoms with van der Waals surface area (Å²) in [5, 5.41) is 10.2. The van der Waals surface area contributed by atoms with Crippen molar-refractivity contribution in [2.45, 2.75) is 12.7 Å². The molecule has 4 bridgehead atoms. The van der Waals surface area contributed by atoms with Crippen molar-refractivity contribution in [3.05, 3.63) is 12.2 Å². The third kappa shape index (κ3) is 1.20. The largest absolute Gasteiger partial charge is 0.435 e. The molecule has 2 saturated heterocycles. The highest BCUT2D eigenvalue weighted by Crippen LogP contribution is 2.71. The van der Waals surface area contributed by atoms with E-state index < -0.39 is 6.29 Å². The molecule has 0 radical (unpaired) electrons. The van der Waals surface area contributed by atoms with Gasteiger partial charge in [0, 0.05) is 5.92 Å². The number of aliphatic hydroxyl groups excluding tert-OH is 1. The maximum atomic E-state index is 12.2. The minimum Gasteiger partial charge on any atom is -0.435 e. The SMILES string of the molecule is O=C1OC(=O)C2C3CC(C12)C1C2C=CC(C4C(O)OC(=O)C24)C31. The molecule has 23 heavy (non-hydrogen) atoms. The highest BCUT2D eigenvalue weighted by Gasteiger charge is 2.73. The topological polar surface area (TPSA) is 89.9 Å². The van der Waals surface area contributed by atoms with Crippen LogP contribution >= 0.6 is 0 Å². The minimum absolute atomic E-state index is 0.0131. The van der Waals surface area contributed by atoms with Gasteiger partial charge in [-0.05, 0) is 41.9 Å². The number of hydrogen-bond donors (Lipinski definition) is 1. The van der Waals surface area contributed by atoms with Gasteiger partial charge in [-0.2, -0.15) is 0 Å². The van der Waals surface area contributed by atoms with E-state index in [0.29, 0.717) is 0 Å². The number of hydrogen-bond acceptors (Lipinski definition) is 6. The van der Waals surface area contributed by atoms with Gasteiger partial charge < -0.3 is 14.6 Å². The molecule has 0 aromatic carbocycles. The second-order valence-electron chi connectivity index (χ2n) is 7.98. The summed E-state index contributed by atoms with van der Waals surface area (Å²) < 4.78 is 10.0. The Hall–Kier alpha value is -1.69. The van der Waals surface area contributed by atoms with E-state index in [4.69, 9.17) is 9.47 Å². The van der Waals surface area contributed by atoms with E-state index in [-0.39, 0.29) is 77.1 Å². The molecular weight excluding hydrogens is 300 g/mol. The predicted octanol–water partition coefficient (Wildman–Crippen LogP) is 0.108. The maximum Gasteiger partial charge on any atom is 0.317 e. The van der Waals surface area contributed by atoms with E-state index in [1.807, 2.05) is 0 Å². The van der Waals surface area contributed by atoms with Crippen LogP contribution in [0.25, 0.3) is 0 Å². The number of ether oxygens (including phenoxy) is 2. The molecule has 11 atom stereocenters. The van der Waals surface area contributed by atoms with Gasteiger partial charge in [0.05, 0.1) is 17.8 Å². The molecule has 2 aliphatic heterocycles. The fourth-order valence-electron chi connectivity index (χ4n) is 7.18. The van der Waals surface area contributed by atoms with Crippen LogP contribution in [0.3, 0.4) is 0 Å². The second-order valence-corrected chi connectivity index (χ2v) is 7.98. The lowest BCUT2D eigenvalue weighted by atomic mass is 9.48. The van der Waals surface area contributed by atoms with Crippen molar-refractivity contribution < 1.29 is 29.0 Å². The van der Waals surface area contributed by atoms with E-state index >= 15 is 0 Å². The molecule has 120 valence electrons. The number of carbonyl (C=O) groups excluding carboxylic acids is 3. The molecule has 6 nitrogen and oxygen atoms in total. The lowest BCUT2D eigenvalue weighted by Crippen LogP contribution is -2.55. The molecule has 1 N–H and O–H groups in total. The molecule has 2 heterocycles.